The summed E-state index contributed by atoms with van der Waals surface area (Å²) in [5.74, 6) is 0. The topological polar surface area (TPSA) is 58.3 Å². The van der Waals surface area contributed by atoms with Crippen LogP contribution in [0.25, 0.3) is 0 Å². The molecular formula is C9H14N2O. The van der Waals surface area contributed by atoms with Gasteiger partial charge < -0.3 is 16.2 Å². The van der Waals surface area contributed by atoms with Crippen molar-refractivity contribution in [2.75, 3.05) is 24.7 Å². The van der Waals surface area contributed by atoms with Gasteiger partial charge in [-0.3, -0.25) is 0 Å². The Hall–Kier alpha value is -1.22. The summed E-state index contributed by atoms with van der Waals surface area (Å²) in [5.41, 5.74) is 8.42. The van der Waals surface area contributed by atoms with E-state index in [0.29, 0.717) is 6.42 Å². The van der Waals surface area contributed by atoms with Crippen LogP contribution in [0.15, 0.2) is 18.2 Å². The summed E-state index contributed by atoms with van der Waals surface area (Å²) in [6.45, 7) is 0.151. The van der Waals surface area contributed by atoms with Crippen LogP contribution in [0.5, 0.6) is 0 Å². The van der Waals surface area contributed by atoms with Crippen LogP contribution in [-0.4, -0.2) is 18.8 Å². The van der Waals surface area contributed by atoms with Gasteiger partial charge in [-0.2, -0.15) is 0 Å². The van der Waals surface area contributed by atoms with E-state index < -0.39 is 0 Å². The van der Waals surface area contributed by atoms with Gasteiger partial charge in [-0.15, -0.1) is 0 Å². The summed E-state index contributed by atoms with van der Waals surface area (Å²) in [7, 11) is 1.83. The van der Waals surface area contributed by atoms with Crippen molar-refractivity contribution in [3.05, 3.63) is 23.8 Å². The van der Waals surface area contributed by atoms with Gasteiger partial charge in [0.2, 0.25) is 0 Å². The minimum atomic E-state index is 0.151. The smallest absolute Gasteiger partial charge is 0.0604 e. The molecule has 1 aromatic carbocycles. The minimum absolute atomic E-state index is 0.151. The summed E-state index contributed by atoms with van der Waals surface area (Å²) in [5, 5.41) is 11.8. The van der Waals surface area contributed by atoms with Crippen LogP contribution in [0.4, 0.5) is 11.4 Å². The van der Waals surface area contributed by atoms with Crippen LogP contribution in [0.3, 0.4) is 0 Å². The van der Waals surface area contributed by atoms with Crippen molar-refractivity contribution in [2.24, 2.45) is 0 Å². The number of hydrogen-bond acceptors (Lipinski definition) is 3. The Morgan fingerprint density at radius 2 is 2.25 bits per heavy atom. The highest BCUT2D eigenvalue weighted by atomic mass is 16.2. The van der Waals surface area contributed by atoms with Crippen molar-refractivity contribution in [3.8, 4) is 0 Å². The van der Waals surface area contributed by atoms with Gasteiger partial charge in [0.1, 0.15) is 0 Å². The molecule has 0 bridgehead atoms. The van der Waals surface area contributed by atoms with Gasteiger partial charge in [0.05, 0.1) is 11.4 Å². The van der Waals surface area contributed by atoms with Gasteiger partial charge in [-0.1, -0.05) is 12.1 Å². The van der Waals surface area contributed by atoms with E-state index in [-0.39, 0.29) is 6.61 Å². The molecule has 12 heavy (non-hydrogen) atoms. The SMILES string of the molecule is CNc1c(N)cccc1CCO. The van der Waals surface area contributed by atoms with Crippen LogP contribution in [0, 0.1) is 0 Å². The second kappa shape index (κ2) is 3.97. The van der Waals surface area contributed by atoms with Gasteiger partial charge in [0, 0.05) is 13.7 Å². The number of aliphatic hydroxyl groups is 1. The lowest BCUT2D eigenvalue weighted by Crippen LogP contribution is -2.01. The molecule has 0 saturated carbocycles. The Labute approximate surface area is 72.2 Å². The Balaban J connectivity index is 3.00. The van der Waals surface area contributed by atoms with E-state index in [2.05, 4.69) is 5.32 Å². The third-order valence-corrected chi connectivity index (χ3v) is 1.81. The third kappa shape index (κ3) is 1.68. The lowest BCUT2D eigenvalue weighted by molar-refractivity contribution is 0.300. The van der Waals surface area contributed by atoms with E-state index in [1.807, 2.05) is 25.2 Å². The molecule has 0 aliphatic rings. The average molecular weight is 166 g/mol. The maximum Gasteiger partial charge on any atom is 0.0604 e. The van der Waals surface area contributed by atoms with Crippen LogP contribution in [-0.2, 0) is 6.42 Å². The number of hydrogen-bond donors (Lipinski definition) is 3. The van der Waals surface area contributed by atoms with Crippen molar-refractivity contribution in [2.45, 2.75) is 6.42 Å². The van der Waals surface area contributed by atoms with Crippen molar-refractivity contribution < 1.29 is 5.11 Å². The highest BCUT2D eigenvalue weighted by Gasteiger charge is 2.02. The first-order valence-electron chi connectivity index (χ1n) is 3.95. The third-order valence-electron chi connectivity index (χ3n) is 1.81. The molecule has 0 saturated heterocycles. The van der Waals surface area contributed by atoms with Gasteiger partial charge in [0.25, 0.3) is 0 Å². The second-order valence-corrected chi connectivity index (χ2v) is 2.60. The van der Waals surface area contributed by atoms with Gasteiger partial charge in [-0.05, 0) is 18.1 Å². The highest BCUT2D eigenvalue weighted by Crippen LogP contribution is 2.22. The number of aliphatic hydroxyl groups excluding tert-OH is 1. The minimum Gasteiger partial charge on any atom is -0.397 e. The standard InChI is InChI=1S/C9H14N2O/c1-11-9-7(5-6-12)3-2-4-8(9)10/h2-4,11-12H,5-6,10H2,1H3. The number of para-hydroxylation sites is 1. The van der Waals surface area contributed by atoms with E-state index >= 15 is 0 Å². The predicted octanol–water partition coefficient (Wildman–Crippen LogP) is 0.845. The van der Waals surface area contributed by atoms with E-state index in [1.54, 1.807) is 0 Å². The normalized spacial score (nSPS) is 9.83. The molecule has 0 aliphatic heterocycles. The molecule has 1 rings (SSSR count). The molecule has 0 fully saturated rings. The van der Waals surface area contributed by atoms with E-state index in [1.165, 1.54) is 0 Å². The maximum atomic E-state index is 8.76. The second-order valence-electron chi connectivity index (χ2n) is 2.60. The highest BCUT2D eigenvalue weighted by molar-refractivity contribution is 5.69. The molecule has 1 aromatic rings. The number of benzene rings is 1. The van der Waals surface area contributed by atoms with Gasteiger partial charge in [0.15, 0.2) is 0 Å². The molecule has 0 aliphatic carbocycles. The zero-order valence-corrected chi connectivity index (χ0v) is 7.17. The van der Waals surface area contributed by atoms with E-state index in [0.717, 1.165) is 16.9 Å². The summed E-state index contributed by atoms with van der Waals surface area (Å²) in [4.78, 5) is 0. The first kappa shape index (κ1) is 8.87. The summed E-state index contributed by atoms with van der Waals surface area (Å²) >= 11 is 0. The Morgan fingerprint density at radius 1 is 1.50 bits per heavy atom. The first-order valence-corrected chi connectivity index (χ1v) is 3.95. The maximum absolute atomic E-state index is 8.76. The largest absolute Gasteiger partial charge is 0.397 e. The zero-order chi connectivity index (χ0) is 8.97. The summed E-state index contributed by atoms with van der Waals surface area (Å²) in [6.07, 6.45) is 0.640. The number of anilines is 2. The molecule has 66 valence electrons. The molecule has 0 spiro atoms. The Kier molecular flexibility index (Phi) is 2.94. The molecule has 3 heteroatoms. The number of nitrogens with one attached hydrogen (secondary N) is 1. The monoisotopic (exact) mass is 166 g/mol. The van der Waals surface area contributed by atoms with Crippen molar-refractivity contribution in [3.63, 3.8) is 0 Å². The lowest BCUT2D eigenvalue weighted by Gasteiger charge is -2.10. The van der Waals surface area contributed by atoms with Crippen LogP contribution < -0.4 is 11.1 Å². The number of nitrogen functional groups attached to an aromatic ring is 1. The van der Waals surface area contributed by atoms with Crippen LogP contribution in [0.2, 0.25) is 0 Å². The number of nitrogens with two attached hydrogens (primary N) is 1. The van der Waals surface area contributed by atoms with E-state index in [4.69, 9.17) is 10.8 Å². The Morgan fingerprint density at radius 3 is 2.83 bits per heavy atom. The summed E-state index contributed by atoms with van der Waals surface area (Å²) < 4.78 is 0. The van der Waals surface area contributed by atoms with Crippen molar-refractivity contribution >= 4 is 11.4 Å². The van der Waals surface area contributed by atoms with Crippen molar-refractivity contribution in [1.29, 1.82) is 0 Å². The lowest BCUT2D eigenvalue weighted by atomic mass is 10.1. The van der Waals surface area contributed by atoms with Crippen LogP contribution in [0.1, 0.15) is 5.56 Å². The molecule has 0 unspecified atom stereocenters. The fourth-order valence-corrected chi connectivity index (χ4v) is 1.25. The predicted molar refractivity (Wildman–Crippen MR) is 51.2 cm³/mol. The fraction of sp³-hybridized carbons (Fsp3) is 0.333. The van der Waals surface area contributed by atoms with Gasteiger partial charge >= 0.3 is 0 Å². The molecule has 0 atom stereocenters. The first-order chi connectivity index (χ1) is 5.79. The molecule has 3 nitrogen and oxygen atoms in total. The molecule has 0 aromatic heterocycles. The van der Waals surface area contributed by atoms with Crippen molar-refractivity contribution in [1.82, 2.24) is 0 Å². The zero-order valence-electron chi connectivity index (χ0n) is 7.17. The molecular weight excluding hydrogens is 152 g/mol. The quantitative estimate of drug-likeness (QED) is 0.583. The van der Waals surface area contributed by atoms with Crippen LogP contribution >= 0.6 is 0 Å². The molecule has 4 N–H and O–H groups in total. The number of rotatable bonds is 3. The fourth-order valence-electron chi connectivity index (χ4n) is 1.25. The summed E-state index contributed by atoms with van der Waals surface area (Å²) in [6, 6.07) is 5.69. The average Bonchev–Trinajstić information content (AvgIpc) is 2.05. The van der Waals surface area contributed by atoms with E-state index in [9.17, 15) is 0 Å². The Bertz CT molecular complexity index is 261. The molecule has 0 heterocycles. The molecule has 0 radical (unpaired) electrons. The van der Waals surface area contributed by atoms with Gasteiger partial charge in [-0.25, -0.2) is 0 Å². The molecule has 0 amide bonds.